The van der Waals surface area contributed by atoms with Crippen molar-refractivity contribution in [2.24, 2.45) is 5.73 Å². The molecule has 0 fully saturated rings. The minimum Gasteiger partial charge on any atom is -0.324 e. The third-order valence-corrected chi connectivity index (χ3v) is 5.96. The molecule has 126 valence electrons. The standard InChI is InChI=1S/C14H24N2O4S2/c1-4-14(15,5-2)11-16-22(19,20)13-8-6-12(7-9-13)10-21(3,17)18/h6-9,16H,4-5,10-11,15H2,1-3H3. The number of nitrogens with one attached hydrogen (secondary N) is 1. The van der Waals surface area contributed by atoms with Gasteiger partial charge in [-0.2, -0.15) is 0 Å². The van der Waals surface area contributed by atoms with Gasteiger partial charge in [0.25, 0.3) is 0 Å². The van der Waals surface area contributed by atoms with Crippen LogP contribution in [0.25, 0.3) is 0 Å². The molecule has 3 N–H and O–H groups in total. The molecule has 0 saturated carbocycles. The van der Waals surface area contributed by atoms with Crippen LogP contribution >= 0.6 is 0 Å². The molecule has 0 bridgehead atoms. The average molecular weight is 348 g/mol. The number of nitrogens with two attached hydrogens (primary N) is 1. The van der Waals surface area contributed by atoms with Crippen LogP contribution in [0.5, 0.6) is 0 Å². The van der Waals surface area contributed by atoms with Crippen molar-refractivity contribution in [2.75, 3.05) is 12.8 Å². The van der Waals surface area contributed by atoms with Gasteiger partial charge in [0.05, 0.1) is 10.6 Å². The molecule has 0 heterocycles. The van der Waals surface area contributed by atoms with Gasteiger partial charge in [0.2, 0.25) is 10.0 Å². The Labute approximate surface area is 133 Å². The number of benzene rings is 1. The zero-order valence-corrected chi connectivity index (χ0v) is 14.8. The Bertz CT molecular complexity index is 691. The highest BCUT2D eigenvalue weighted by molar-refractivity contribution is 7.90. The van der Waals surface area contributed by atoms with E-state index in [1.807, 2.05) is 13.8 Å². The third-order valence-electron chi connectivity index (χ3n) is 3.69. The van der Waals surface area contributed by atoms with Crippen LogP contribution in [0.2, 0.25) is 0 Å². The molecule has 0 aliphatic heterocycles. The molecular formula is C14H24N2O4S2. The quantitative estimate of drug-likeness (QED) is 0.730. The number of hydrogen-bond donors (Lipinski definition) is 2. The predicted octanol–water partition coefficient (Wildman–Crippen LogP) is 1.03. The second-order valence-electron chi connectivity index (χ2n) is 5.61. The van der Waals surface area contributed by atoms with Gasteiger partial charge in [-0.05, 0) is 30.5 Å². The van der Waals surface area contributed by atoms with E-state index in [9.17, 15) is 16.8 Å². The molecule has 0 aromatic heterocycles. The Balaban J connectivity index is 2.86. The SMILES string of the molecule is CCC(N)(CC)CNS(=O)(=O)c1ccc(CS(C)(=O)=O)cc1. The maximum Gasteiger partial charge on any atom is 0.240 e. The highest BCUT2D eigenvalue weighted by Crippen LogP contribution is 2.15. The maximum atomic E-state index is 12.2. The van der Waals surface area contributed by atoms with Crippen LogP contribution in [-0.4, -0.2) is 35.2 Å². The molecule has 6 nitrogen and oxygen atoms in total. The maximum absolute atomic E-state index is 12.2. The summed E-state index contributed by atoms with van der Waals surface area (Å²) >= 11 is 0. The van der Waals surface area contributed by atoms with Crippen LogP contribution in [0.1, 0.15) is 32.3 Å². The predicted molar refractivity (Wildman–Crippen MR) is 87.7 cm³/mol. The van der Waals surface area contributed by atoms with E-state index < -0.39 is 25.4 Å². The van der Waals surface area contributed by atoms with E-state index in [2.05, 4.69) is 4.72 Å². The summed E-state index contributed by atoms with van der Waals surface area (Å²) in [6.07, 6.45) is 2.47. The number of sulfone groups is 1. The molecule has 1 rings (SSSR count). The summed E-state index contributed by atoms with van der Waals surface area (Å²) < 4.78 is 49.4. The van der Waals surface area contributed by atoms with E-state index in [0.29, 0.717) is 18.4 Å². The molecule has 0 aliphatic carbocycles. The van der Waals surface area contributed by atoms with Gasteiger partial charge in [0.15, 0.2) is 9.84 Å². The Morgan fingerprint density at radius 3 is 1.95 bits per heavy atom. The Hall–Kier alpha value is -0.960. The van der Waals surface area contributed by atoms with Gasteiger partial charge in [-0.1, -0.05) is 26.0 Å². The molecule has 8 heteroatoms. The molecule has 0 aliphatic rings. The molecule has 1 aromatic carbocycles. The van der Waals surface area contributed by atoms with Crippen molar-refractivity contribution in [1.29, 1.82) is 0 Å². The van der Waals surface area contributed by atoms with Gasteiger partial charge in [-0.3, -0.25) is 0 Å². The summed E-state index contributed by atoms with van der Waals surface area (Å²) in [6.45, 7) is 3.99. The lowest BCUT2D eigenvalue weighted by atomic mass is 9.95. The van der Waals surface area contributed by atoms with Gasteiger partial charge in [0, 0.05) is 18.3 Å². The Kier molecular flexibility index (Phi) is 6.14. The second-order valence-corrected chi connectivity index (χ2v) is 9.52. The smallest absolute Gasteiger partial charge is 0.240 e. The summed E-state index contributed by atoms with van der Waals surface area (Å²) in [7, 11) is -6.80. The van der Waals surface area contributed by atoms with E-state index in [0.717, 1.165) is 6.26 Å². The van der Waals surface area contributed by atoms with Crippen LogP contribution < -0.4 is 10.5 Å². The topological polar surface area (TPSA) is 106 Å². The van der Waals surface area contributed by atoms with Crippen LogP contribution in [0.15, 0.2) is 29.2 Å². The molecule has 0 amide bonds. The van der Waals surface area contributed by atoms with Crippen molar-refractivity contribution in [2.45, 2.75) is 42.9 Å². The largest absolute Gasteiger partial charge is 0.324 e. The van der Waals surface area contributed by atoms with Crippen molar-refractivity contribution >= 4 is 19.9 Å². The minimum absolute atomic E-state index is 0.0966. The van der Waals surface area contributed by atoms with E-state index >= 15 is 0 Å². The fourth-order valence-corrected chi connectivity index (χ4v) is 3.83. The first-order valence-corrected chi connectivity index (χ1v) is 10.6. The lowest BCUT2D eigenvalue weighted by molar-refractivity contribution is 0.392. The van der Waals surface area contributed by atoms with Crippen molar-refractivity contribution in [3.05, 3.63) is 29.8 Å². The molecule has 22 heavy (non-hydrogen) atoms. The van der Waals surface area contributed by atoms with Gasteiger partial charge in [0.1, 0.15) is 0 Å². The number of sulfonamides is 1. The average Bonchev–Trinajstić information content (AvgIpc) is 2.44. The molecule has 0 radical (unpaired) electrons. The van der Waals surface area contributed by atoms with E-state index in [1.165, 1.54) is 24.3 Å². The van der Waals surface area contributed by atoms with Crippen molar-refractivity contribution in [3.63, 3.8) is 0 Å². The molecular weight excluding hydrogens is 324 g/mol. The molecule has 1 aromatic rings. The van der Waals surface area contributed by atoms with Crippen molar-refractivity contribution in [3.8, 4) is 0 Å². The zero-order chi connectivity index (χ0) is 17.0. The van der Waals surface area contributed by atoms with Crippen molar-refractivity contribution < 1.29 is 16.8 Å². The number of rotatable bonds is 8. The minimum atomic E-state index is -3.65. The normalized spacial score (nSPS) is 13.3. The number of hydrogen-bond acceptors (Lipinski definition) is 5. The summed E-state index contributed by atoms with van der Waals surface area (Å²) in [4.78, 5) is 0.0966. The molecule has 0 spiro atoms. The molecule has 0 atom stereocenters. The lowest BCUT2D eigenvalue weighted by Gasteiger charge is -2.26. The van der Waals surface area contributed by atoms with Gasteiger partial charge < -0.3 is 5.73 Å². The highest BCUT2D eigenvalue weighted by Gasteiger charge is 2.24. The first kappa shape index (κ1) is 19.1. The molecule has 0 saturated heterocycles. The summed E-state index contributed by atoms with van der Waals surface area (Å²) in [5.41, 5.74) is 6.07. The van der Waals surface area contributed by atoms with E-state index in [4.69, 9.17) is 5.73 Å². The monoisotopic (exact) mass is 348 g/mol. The third kappa shape index (κ3) is 5.68. The van der Waals surface area contributed by atoms with Crippen molar-refractivity contribution in [1.82, 2.24) is 4.72 Å². The van der Waals surface area contributed by atoms with Crippen LogP contribution in [0.3, 0.4) is 0 Å². The summed E-state index contributed by atoms with van der Waals surface area (Å²) in [5, 5.41) is 0. The first-order chi connectivity index (χ1) is 10.0. The first-order valence-electron chi connectivity index (χ1n) is 7.06. The molecule has 0 unspecified atom stereocenters. The fraction of sp³-hybridized carbons (Fsp3) is 0.571. The lowest BCUT2D eigenvalue weighted by Crippen LogP contribution is -2.49. The second kappa shape index (κ2) is 7.08. The van der Waals surface area contributed by atoms with E-state index in [1.54, 1.807) is 0 Å². The van der Waals surface area contributed by atoms with Crippen LogP contribution in [0, 0.1) is 0 Å². The van der Waals surface area contributed by atoms with Crippen LogP contribution in [0.4, 0.5) is 0 Å². The van der Waals surface area contributed by atoms with Gasteiger partial charge >= 0.3 is 0 Å². The van der Waals surface area contributed by atoms with Gasteiger partial charge in [-0.15, -0.1) is 0 Å². The fourth-order valence-electron chi connectivity index (χ4n) is 1.89. The Morgan fingerprint density at radius 1 is 1.05 bits per heavy atom. The van der Waals surface area contributed by atoms with Gasteiger partial charge in [-0.25, -0.2) is 21.6 Å². The Morgan fingerprint density at radius 2 is 1.55 bits per heavy atom. The highest BCUT2D eigenvalue weighted by atomic mass is 32.2. The summed E-state index contributed by atoms with van der Waals surface area (Å²) in [6, 6.07) is 5.81. The van der Waals surface area contributed by atoms with E-state index in [-0.39, 0.29) is 17.2 Å². The summed E-state index contributed by atoms with van der Waals surface area (Å²) in [5.74, 6) is -0.113. The zero-order valence-electron chi connectivity index (χ0n) is 13.2. The van der Waals surface area contributed by atoms with Crippen LogP contribution in [-0.2, 0) is 25.6 Å².